The highest BCUT2D eigenvalue weighted by atomic mass is 19.1. The number of rotatable bonds is 2. The molecule has 4 heteroatoms. The Bertz CT molecular complexity index is 562. The van der Waals surface area contributed by atoms with Crippen LogP contribution in [0.1, 0.15) is 17.4 Å². The second kappa shape index (κ2) is 4.46. The van der Waals surface area contributed by atoms with Gasteiger partial charge in [0, 0.05) is 24.6 Å². The average Bonchev–Trinajstić information content (AvgIpc) is 2.26. The van der Waals surface area contributed by atoms with Gasteiger partial charge in [0.25, 0.3) is 0 Å². The Morgan fingerprint density at radius 1 is 1.17 bits per heavy atom. The van der Waals surface area contributed by atoms with Gasteiger partial charge in [0.05, 0.1) is 11.4 Å². The van der Waals surface area contributed by atoms with Gasteiger partial charge in [-0.2, -0.15) is 0 Å². The highest BCUT2D eigenvalue weighted by Crippen LogP contribution is 2.23. The number of hydrogen-bond acceptors (Lipinski definition) is 3. The largest absolute Gasteiger partial charge is 0.315 e. The molecular weight excluding hydrogens is 229 g/mol. The molecule has 1 aromatic heterocycles. The van der Waals surface area contributed by atoms with Gasteiger partial charge < -0.3 is 5.32 Å². The van der Waals surface area contributed by atoms with E-state index in [4.69, 9.17) is 0 Å². The Morgan fingerprint density at radius 3 is 2.50 bits per heavy atom. The maximum Gasteiger partial charge on any atom is 0.126 e. The van der Waals surface area contributed by atoms with Crippen molar-refractivity contribution in [3.63, 3.8) is 0 Å². The lowest BCUT2D eigenvalue weighted by atomic mass is 9.97. The number of hydrogen-bond donors (Lipinski definition) is 1. The van der Waals surface area contributed by atoms with Crippen molar-refractivity contribution in [1.29, 1.82) is 0 Å². The van der Waals surface area contributed by atoms with Crippen LogP contribution in [0.4, 0.5) is 4.39 Å². The molecule has 1 fully saturated rings. The first-order valence-corrected chi connectivity index (χ1v) is 6.04. The van der Waals surface area contributed by atoms with E-state index in [9.17, 15) is 4.39 Å². The third kappa shape index (κ3) is 2.11. The molecule has 3 rings (SSSR count). The molecule has 18 heavy (non-hydrogen) atoms. The number of halogens is 1. The third-order valence-corrected chi connectivity index (χ3v) is 3.20. The van der Waals surface area contributed by atoms with Crippen molar-refractivity contribution < 1.29 is 4.39 Å². The van der Waals surface area contributed by atoms with Crippen LogP contribution in [0.3, 0.4) is 0 Å². The lowest BCUT2D eigenvalue weighted by Crippen LogP contribution is -2.40. The maximum absolute atomic E-state index is 12.9. The van der Waals surface area contributed by atoms with Crippen LogP contribution in [0.2, 0.25) is 0 Å². The van der Waals surface area contributed by atoms with Gasteiger partial charge in [-0.25, -0.2) is 14.4 Å². The summed E-state index contributed by atoms with van der Waals surface area (Å²) in [6.45, 7) is 3.83. The van der Waals surface area contributed by atoms with Crippen molar-refractivity contribution in [2.75, 3.05) is 13.1 Å². The van der Waals surface area contributed by atoms with Crippen LogP contribution in [0.15, 0.2) is 30.3 Å². The zero-order valence-electron chi connectivity index (χ0n) is 10.2. The highest BCUT2D eigenvalue weighted by Gasteiger charge is 2.21. The Kier molecular flexibility index (Phi) is 2.80. The number of aryl methyl sites for hydroxylation is 1. The van der Waals surface area contributed by atoms with E-state index >= 15 is 0 Å². The summed E-state index contributed by atoms with van der Waals surface area (Å²) in [5.41, 5.74) is 2.86. The first kappa shape index (κ1) is 11.3. The fourth-order valence-corrected chi connectivity index (χ4v) is 2.07. The predicted octanol–water partition coefficient (Wildman–Crippen LogP) is 2.28. The maximum atomic E-state index is 12.9. The Balaban J connectivity index is 2.00. The lowest BCUT2D eigenvalue weighted by Gasteiger charge is -2.26. The van der Waals surface area contributed by atoms with Crippen LogP contribution < -0.4 is 5.32 Å². The van der Waals surface area contributed by atoms with Gasteiger partial charge in [0.15, 0.2) is 0 Å². The zero-order chi connectivity index (χ0) is 12.5. The van der Waals surface area contributed by atoms with Crippen LogP contribution in [0, 0.1) is 12.7 Å². The number of benzene rings is 1. The van der Waals surface area contributed by atoms with Gasteiger partial charge in [0.2, 0.25) is 0 Å². The molecule has 1 aliphatic heterocycles. The molecule has 1 aromatic carbocycles. The van der Waals surface area contributed by atoms with Gasteiger partial charge in [-0.05, 0) is 37.3 Å². The normalized spacial score (nSPS) is 15.4. The molecule has 1 saturated heterocycles. The second-order valence-corrected chi connectivity index (χ2v) is 4.59. The lowest BCUT2D eigenvalue weighted by molar-refractivity contribution is 0.438. The van der Waals surface area contributed by atoms with E-state index < -0.39 is 0 Å². The van der Waals surface area contributed by atoms with Crippen molar-refractivity contribution in [2.45, 2.75) is 12.8 Å². The van der Waals surface area contributed by atoms with Crippen molar-refractivity contribution in [2.24, 2.45) is 0 Å². The minimum atomic E-state index is -0.229. The summed E-state index contributed by atoms with van der Waals surface area (Å²) in [5.74, 6) is 1.01. The van der Waals surface area contributed by atoms with E-state index in [1.807, 2.05) is 13.0 Å². The van der Waals surface area contributed by atoms with Gasteiger partial charge in [0.1, 0.15) is 11.6 Å². The molecule has 0 unspecified atom stereocenters. The summed E-state index contributed by atoms with van der Waals surface area (Å²) in [6.07, 6.45) is 0. The van der Waals surface area contributed by atoms with Crippen LogP contribution in [0.5, 0.6) is 0 Å². The van der Waals surface area contributed by atoms with Crippen LogP contribution in [-0.4, -0.2) is 23.1 Å². The Labute approximate surface area is 105 Å². The molecule has 1 N–H and O–H groups in total. The topological polar surface area (TPSA) is 37.8 Å². The summed E-state index contributed by atoms with van der Waals surface area (Å²) in [6, 6.07) is 8.42. The summed E-state index contributed by atoms with van der Waals surface area (Å²) in [7, 11) is 0. The Hall–Kier alpha value is -1.81. The van der Waals surface area contributed by atoms with Gasteiger partial charge >= 0.3 is 0 Å². The average molecular weight is 243 g/mol. The van der Waals surface area contributed by atoms with Crippen LogP contribution in [-0.2, 0) is 0 Å². The number of nitrogens with zero attached hydrogens (tertiary/aromatic N) is 2. The van der Waals surface area contributed by atoms with Crippen molar-refractivity contribution >= 4 is 0 Å². The highest BCUT2D eigenvalue weighted by molar-refractivity contribution is 5.59. The molecule has 1 aliphatic rings. The van der Waals surface area contributed by atoms with Gasteiger partial charge in [-0.3, -0.25) is 0 Å². The molecule has 2 aromatic rings. The minimum Gasteiger partial charge on any atom is -0.315 e. The van der Waals surface area contributed by atoms with Crippen molar-refractivity contribution in [1.82, 2.24) is 15.3 Å². The second-order valence-electron chi connectivity index (χ2n) is 4.59. The summed E-state index contributed by atoms with van der Waals surface area (Å²) in [5, 5.41) is 3.24. The predicted molar refractivity (Wildman–Crippen MR) is 67.8 cm³/mol. The molecule has 0 saturated carbocycles. The summed E-state index contributed by atoms with van der Waals surface area (Å²) in [4.78, 5) is 8.89. The van der Waals surface area contributed by atoms with E-state index in [1.165, 1.54) is 12.1 Å². The molecule has 92 valence electrons. The molecule has 0 spiro atoms. The molecule has 0 bridgehead atoms. The zero-order valence-corrected chi connectivity index (χ0v) is 10.2. The summed E-state index contributed by atoms with van der Waals surface area (Å²) < 4.78 is 12.9. The monoisotopic (exact) mass is 243 g/mol. The fraction of sp³-hybridized carbons (Fsp3) is 0.286. The van der Waals surface area contributed by atoms with E-state index in [0.29, 0.717) is 5.92 Å². The molecule has 2 heterocycles. The smallest absolute Gasteiger partial charge is 0.126 e. The SMILES string of the molecule is Cc1nc(-c2ccc(F)cc2)cc(C2CNC2)n1. The van der Waals surface area contributed by atoms with E-state index in [-0.39, 0.29) is 5.82 Å². The number of nitrogens with one attached hydrogen (secondary N) is 1. The van der Waals surface area contributed by atoms with Crippen LogP contribution in [0.25, 0.3) is 11.3 Å². The van der Waals surface area contributed by atoms with Gasteiger partial charge in [-0.15, -0.1) is 0 Å². The third-order valence-electron chi connectivity index (χ3n) is 3.20. The molecule has 0 amide bonds. The first-order chi connectivity index (χ1) is 8.72. The molecule has 0 aliphatic carbocycles. The van der Waals surface area contributed by atoms with Crippen molar-refractivity contribution in [3.8, 4) is 11.3 Å². The molecular formula is C14H14FN3. The van der Waals surface area contributed by atoms with Gasteiger partial charge in [-0.1, -0.05) is 0 Å². The quantitative estimate of drug-likeness (QED) is 0.879. The minimum absolute atomic E-state index is 0.229. The summed E-state index contributed by atoms with van der Waals surface area (Å²) >= 11 is 0. The standard InChI is InChI=1S/C14H14FN3/c1-9-17-13(10-2-4-12(15)5-3-10)6-14(18-9)11-7-16-8-11/h2-6,11,16H,7-8H2,1H3. The number of aromatic nitrogens is 2. The Morgan fingerprint density at radius 2 is 1.89 bits per heavy atom. The first-order valence-electron chi connectivity index (χ1n) is 6.04. The molecule has 3 nitrogen and oxygen atoms in total. The fourth-order valence-electron chi connectivity index (χ4n) is 2.07. The van der Waals surface area contributed by atoms with Crippen LogP contribution >= 0.6 is 0 Å². The van der Waals surface area contributed by atoms with E-state index in [0.717, 1.165) is 35.9 Å². The van der Waals surface area contributed by atoms with Crippen molar-refractivity contribution in [3.05, 3.63) is 47.7 Å². The molecule has 0 atom stereocenters. The molecule has 0 radical (unpaired) electrons. The van der Waals surface area contributed by atoms with E-state index in [1.54, 1.807) is 12.1 Å². The van der Waals surface area contributed by atoms with E-state index in [2.05, 4.69) is 15.3 Å².